The molecule has 0 unspecified atom stereocenters. The van der Waals surface area contributed by atoms with E-state index in [2.05, 4.69) is 0 Å². The van der Waals surface area contributed by atoms with Gasteiger partial charge in [-0.1, -0.05) is 30.3 Å². The molecule has 1 atom stereocenters. The molecule has 0 fully saturated rings. The van der Waals surface area contributed by atoms with Crippen LogP contribution < -0.4 is 0 Å². The summed E-state index contributed by atoms with van der Waals surface area (Å²) in [6.45, 7) is 4.24. The van der Waals surface area contributed by atoms with Crippen LogP contribution in [0.4, 0.5) is 0 Å². The van der Waals surface area contributed by atoms with Crippen molar-refractivity contribution in [1.82, 2.24) is 0 Å². The number of fused-ring (bicyclic) bond motifs is 2. The van der Waals surface area contributed by atoms with E-state index in [0.29, 0.717) is 23.3 Å². The minimum atomic E-state index is -0.907. The smallest absolute Gasteiger partial charge is 0.375 e. The van der Waals surface area contributed by atoms with Crippen LogP contribution in [0.2, 0.25) is 0 Å². The molecule has 3 aromatic rings. The van der Waals surface area contributed by atoms with Crippen LogP contribution in [0.15, 0.2) is 46.9 Å². The molecule has 5 heteroatoms. The number of carbonyl (C=O) groups is 2. The van der Waals surface area contributed by atoms with Crippen LogP contribution in [-0.2, 0) is 28.9 Å². The minimum Gasteiger partial charge on any atom is -0.449 e. The normalized spacial score (nSPS) is 14.0. The third-order valence-corrected chi connectivity index (χ3v) is 5.37. The van der Waals surface area contributed by atoms with E-state index < -0.39 is 12.1 Å². The third-order valence-electron chi connectivity index (χ3n) is 5.37. The topological polar surface area (TPSA) is 65.7 Å². The highest BCUT2D eigenvalue weighted by Crippen LogP contribution is 2.28. The molecule has 1 heterocycles. The maximum Gasteiger partial charge on any atom is 0.375 e. The second-order valence-electron chi connectivity index (χ2n) is 7.29. The van der Waals surface area contributed by atoms with Crippen molar-refractivity contribution in [1.29, 1.82) is 0 Å². The molecule has 0 saturated heterocycles. The molecule has 0 aliphatic heterocycles. The van der Waals surface area contributed by atoms with E-state index in [1.54, 1.807) is 13.0 Å². The largest absolute Gasteiger partial charge is 0.449 e. The molecule has 150 valence electrons. The van der Waals surface area contributed by atoms with Gasteiger partial charge in [-0.25, -0.2) is 4.79 Å². The summed E-state index contributed by atoms with van der Waals surface area (Å²) in [4.78, 5) is 25.6. The van der Waals surface area contributed by atoms with Gasteiger partial charge < -0.3 is 13.9 Å². The number of hydrogen-bond donors (Lipinski definition) is 0. The van der Waals surface area contributed by atoms with Crippen molar-refractivity contribution in [3.63, 3.8) is 0 Å². The van der Waals surface area contributed by atoms with Crippen LogP contribution in [0, 0.1) is 0 Å². The van der Waals surface area contributed by atoms with Crippen LogP contribution in [-0.4, -0.2) is 24.5 Å². The van der Waals surface area contributed by atoms with E-state index in [0.717, 1.165) is 24.6 Å². The zero-order chi connectivity index (χ0) is 20.4. The summed E-state index contributed by atoms with van der Waals surface area (Å²) in [5.74, 6) is -0.776. The first-order valence-corrected chi connectivity index (χ1v) is 10.0. The SMILES string of the molecule is CCOCc1c(C(=O)O[C@@H](C)C(=O)c2ccc3c(c2)CCC3)oc2ccccc12. The standard InChI is InChI=1S/C24H24O5/c1-3-27-14-20-19-9-4-5-10-21(19)29-23(20)24(26)28-15(2)22(25)18-12-11-16-7-6-8-17(16)13-18/h4-5,9-13,15H,3,6-8,14H2,1-2H3/t15-/m0/s1. The number of esters is 1. The number of ketones is 1. The summed E-state index contributed by atoms with van der Waals surface area (Å²) >= 11 is 0. The third kappa shape index (κ3) is 3.83. The molecule has 1 aromatic heterocycles. The first-order chi connectivity index (χ1) is 14.1. The lowest BCUT2D eigenvalue weighted by Crippen LogP contribution is -2.25. The number of benzene rings is 2. The average molecular weight is 392 g/mol. The molecule has 1 aliphatic carbocycles. The van der Waals surface area contributed by atoms with E-state index in [-0.39, 0.29) is 18.2 Å². The zero-order valence-electron chi connectivity index (χ0n) is 16.7. The minimum absolute atomic E-state index is 0.0910. The number of hydrogen-bond acceptors (Lipinski definition) is 5. The van der Waals surface area contributed by atoms with Gasteiger partial charge in [-0.15, -0.1) is 0 Å². The predicted molar refractivity (Wildman–Crippen MR) is 109 cm³/mol. The van der Waals surface area contributed by atoms with Crippen LogP contribution in [0.1, 0.15) is 57.9 Å². The number of para-hydroxylation sites is 1. The van der Waals surface area contributed by atoms with Crippen molar-refractivity contribution in [2.24, 2.45) is 0 Å². The molecule has 0 N–H and O–H groups in total. The highest BCUT2D eigenvalue weighted by atomic mass is 16.6. The summed E-state index contributed by atoms with van der Waals surface area (Å²) < 4.78 is 16.7. The van der Waals surface area contributed by atoms with E-state index >= 15 is 0 Å². The van der Waals surface area contributed by atoms with Gasteiger partial charge in [0.15, 0.2) is 6.10 Å². The Morgan fingerprint density at radius 1 is 1.10 bits per heavy atom. The number of carbonyl (C=O) groups excluding carboxylic acids is 2. The van der Waals surface area contributed by atoms with E-state index in [1.165, 1.54) is 11.1 Å². The number of ether oxygens (including phenoxy) is 2. The van der Waals surface area contributed by atoms with Crippen molar-refractivity contribution >= 4 is 22.7 Å². The maximum absolute atomic E-state index is 12.8. The summed E-state index contributed by atoms with van der Waals surface area (Å²) in [6.07, 6.45) is 2.26. The number of furan rings is 1. The Kier molecular flexibility index (Phi) is 5.49. The Morgan fingerprint density at radius 2 is 1.90 bits per heavy atom. The van der Waals surface area contributed by atoms with Gasteiger partial charge in [-0.3, -0.25) is 4.79 Å². The predicted octanol–water partition coefficient (Wildman–Crippen LogP) is 4.89. The van der Waals surface area contributed by atoms with Crippen molar-refractivity contribution < 1.29 is 23.5 Å². The van der Waals surface area contributed by atoms with Crippen molar-refractivity contribution in [3.05, 3.63) is 70.5 Å². The molecular weight excluding hydrogens is 368 g/mol. The molecule has 0 saturated carbocycles. The second kappa shape index (κ2) is 8.21. The first kappa shape index (κ1) is 19.4. The van der Waals surface area contributed by atoms with E-state index in [9.17, 15) is 9.59 Å². The molecule has 0 bridgehead atoms. The second-order valence-corrected chi connectivity index (χ2v) is 7.29. The number of Topliss-reactive ketones (excluding diaryl/α,β-unsaturated/α-hetero) is 1. The average Bonchev–Trinajstić information content (AvgIpc) is 3.35. The Labute approximate surface area is 169 Å². The quantitative estimate of drug-likeness (QED) is 0.423. The first-order valence-electron chi connectivity index (χ1n) is 10.0. The van der Waals surface area contributed by atoms with E-state index in [1.807, 2.05) is 43.3 Å². The van der Waals surface area contributed by atoms with Crippen molar-refractivity contribution in [2.75, 3.05) is 6.61 Å². The summed E-state index contributed by atoms with van der Waals surface area (Å²) in [5.41, 5.74) is 4.32. The molecule has 2 aromatic carbocycles. The molecule has 29 heavy (non-hydrogen) atoms. The van der Waals surface area contributed by atoms with E-state index in [4.69, 9.17) is 13.9 Å². The summed E-state index contributed by atoms with van der Waals surface area (Å²) in [5, 5.41) is 0.811. The Hall–Kier alpha value is -2.92. The number of aryl methyl sites for hydroxylation is 2. The lowest BCUT2D eigenvalue weighted by Gasteiger charge is -2.13. The van der Waals surface area contributed by atoms with Gasteiger partial charge >= 0.3 is 5.97 Å². The van der Waals surface area contributed by atoms with Crippen molar-refractivity contribution in [3.8, 4) is 0 Å². The van der Waals surface area contributed by atoms with Gasteiger partial charge in [0.1, 0.15) is 5.58 Å². The fourth-order valence-electron chi connectivity index (χ4n) is 3.84. The van der Waals surface area contributed by atoms with Gasteiger partial charge in [0.25, 0.3) is 0 Å². The lowest BCUT2D eigenvalue weighted by atomic mass is 10.0. The van der Waals surface area contributed by atoms with Gasteiger partial charge in [-0.2, -0.15) is 0 Å². The molecule has 5 nitrogen and oxygen atoms in total. The molecule has 1 aliphatic rings. The molecule has 0 spiro atoms. The maximum atomic E-state index is 12.8. The van der Waals surface area contributed by atoms with Gasteiger partial charge in [-0.05, 0) is 56.4 Å². The Morgan fingerprint density at radius 3 is 2.72 bits per heavy atom. The Bertz CT molecular complexity index is 1060. The Balaban J connectivity index is 1.55. The van der Waals surface area contributed by atoms with Crippen LogP contribution >= 0.6 is 0 Å². The van der Waals surface area contributed by atoms with Crippen LogP contribution in [0.3, 0.4) is 0 Å². The monoisotopic (exact) mass is 392 g/mol. The molecule has 0 amide bonds. The number of rotatable bonds is 7. The van der Waals surface area contributed by atoms with Crippen LogP contribution in [0.25, 0.3) is 11.0 Å². The fraction of sp³-hybridized carbons (Fsp3) is 0.333. The zero-order valence-corrected chi connectivity index (χ0v) is 16.7. The summed E-state index contributed by atoms with van der Waals surface area (Å²) in [7, 11) is 0. The summed E-state index contributed by atoms with van der Waals surface area (Å²) in [6, 6.07) is 13.1. The highest BCUT2D eigenvalue weighted by molar-refractivity contribution is 6.02. The molecular formula is C24H24O5. The van der Waals surface area contributed by atoms with Crippen molar-refractivity contribution in [2.45, 2.75) is 45.8 Å². The molecule has 4 rings (SSSR count). The molecule has 0 radical (unpaired) electrons. The van der Waals surface area contributed by atoms with Crippen LogP contribution in [0.5, 0.6) is 0 Å². The lowest BCUT2D eigenvalue weighted by molar-refractivity contribution is 0.0285. The fourth-order valence-corrected chi connectivity index (χ4v) is 3.84. The van der Waals surface area contributed by atoms with Gasteiger partial charge in [0.05, 0.1) is 6.61 Å². The highest BCUT2D eigenvalue weighted by Gasteiger charge is 2.27. The van der Waals surface area contributed by atoms with Gasteiger partial charge in [0, 0.05) is 23.1 Å². The van der Waals surface area contributed by atoms with Gasteiger partial charge in [0.2, 0.25) is 11.5 Å².